The number of thioether (sulfide) groups is 1. The Labute approximate surface area is 180 Å². The third-order valence-corrected chi connectivity index (χ3v) is 7.45. The maximum Gasteiger partial charge on any atom is 0.271 e. The number of rotatable bonds is 7. The second kappa shape index (κ2) is 9.74. The molecule has 0 bridgehead atoms. The number of carbonyl (C=O) groups excluding carboxylic acids is 2. The molecule has 3 aromatic rings. The zero-order valence-corrected chi connectivity index (χ0v) is 17.7. The Morgan fingerprint density at radius 1 is 0.967 bits per heavy atom. The summed E-state index contributed by atoms with van der Waals surface area (Å²) in [6.45, 7) is 0. The predicted octanol–water partition coefficient (Wildman–Crippen LogP) is 3.24. The summed E-state index contributed by atoms with van der Waals surface area (Å²) in [5.41, 5.74) is 4.66. The predicted molar refractivity (Wildman–Crippen MR) is 114 cm³/mol. The van der Waals surface area contributed by atoms with Crippen molar-refractivity contribution in [1.82, 2.24) is 10.9 Å². The lowest BCUT2D eigenvalue weighted by Crippen LogP contribution is -2.42. The summed E-state index contributed by atoms with van der Waals surface area (Å²) in [6, 6.07) is 14.8. The number of hydrazine groups is 1. The van der Waals surface area contributed by atoms with Gasteiger partial charge < -0.3 is 0 Å². The lowest BCUT2D eigenvalue weighted by Gasteiger charge is -2.12. The molecule has 1 aromatic heterocycles. The summed E-state index contributed by atoms with van der Waals surface area (Å²) < 4.78 is 40.2. The molecule has 3 rings (SSSR count). The van der Waals surface area contributed by atoms with E-state index in [0.717, 1.165) is 11.3 Å². The topological polar surface area (TPSA) is 104 Å². The molecule has 30 heavy (non-hydrogen) atoms. The van der Waals surface area contributed by atoms with E-state index in [4.69, 9.17) is 0 Å². The van der Waals surface area contributed by atoms with Crippen LogP contribution < -0.4 is 15.6 Å². The quantitative estimate of drug-likeness (QED) is 0.367. The van der Waals surface area contributed by atoms with Crippen molar-refractivity contribution in [2.24, 2.45) is 0 Å². The maximum atomic E-state index is 12.9. The summed E-state index contributed by atoms with van der Waals surface area (Å²) in [7, 11) is -3.83. The second-order valence-corrected chi connectivity index (χ2v) is 9.73. The Morgan fingerprint density at radius 3 is 2.40 bits per heavy atom. The van der Waals surface area contributed by atoms with E-state index in [-0.39, 0.29) is 27.0 Å². The molecular weight excluding hydrogens is 449 g/mol. The molecular formula is C19H16FN3O4S3. The minimum absolute atomic E-state index is 0.00142. The summed E-state index contributed by atoms with van der Waals surface area (Å²) in [6.07, 6.45) is 0. The van der Waals surface area contributed by atoms with Gasteiger partial charge in [-0.1, -0.05) is 18.2 Å². The van der Waals surface area contributed by atoms with Crippen LogP contribution in [-0.4, -0.2) is 26.0 Å². The molecule has 0 saturated heterocycles. The van der Waals surface area contributed by atoms with Gasteiger partial charge in [0.15, 0.2) is 0 Å². The van der Waals surface area contributed by atoms with Crippen molar-refractivity contribution in [3.63, 3.8) is 0 Å². The van der Waals surface area contributed by atoms with E-state index < -0.39 is 21.8 Å². The van der Waals surface area contributed by atoms with Crippen molar-refractivity contribution in [3.05, 3.63) is 77.4 Å². The Bertz CT molecular complexity index is 1130. The van der Waals surface area contributed by atoms with Crippen molar-refractivity contribution in [2.75, 3.05) is 10.5 Å². The first kappa shape index (κ1) is 21.8. The molecule has 0 aliphatic carbocycles. The number of para-hydroxylation sites is 1. The Balaban J connectivity index is 1.59. The monoisotopic (exact) mass is 465 g/mol. The molecule has 156 valence electrons. The highest BCUT2D eigenvalue weighted by molar-refractivity contribution is 8.00. The number of amides is 2. The largest absolute Gasteiger partial charge is 0.278 e. The molecule has 7 nitrogen and oxygen atoms in total. The molecule has 0 radical (unpaired) electrons. The van der Waals surface area contributed by atoms with E-state index in [2.05, 4.69) is 15.6 Å². The zero-order valence-electron chi connectivity index (χ0n) is 15.3. The molecule has 3 N–H and O–H groups in total. The average molecular weight is 466 g/mol. The first-order valence-electron chi connectivity index (χ1n) is 8.48. The minimum Gasteiger partial charge on any atom is -0.278 e. The van der Waals surface area contributed by atoms with Crippen LogP contribution in [0.3, 0.4) is 0 Å². The molecule has 0 spiro atoms. The number of carbonyl (C=O) groups is 2. The number of benzene rings is 2. The van der Waals surface area contributed by atoms with Crippen LogP contribution in [0, 0.1) is 5.82 Å². The van der Waals surface area contributed by atoms with Gasteiger partial charge in [0.2, 0.25) is 5.91 Å². The molecule has 0 aliphatic rings. The number of hydrogen-bond acceptors (Lipinski definition) is 6. The van der Waals surface area contributed by atoms with Crippen LogP contribution in [0.2, 0.25) is 0 Å². The molecule has 0 fully saturated rings. The van der Waals surface area contributed by atoms with Gasteiger partial charge >= 0.3 is 0 Å². The molecule has 0 atom stereocenters. The van der Waals surface area contributed by atoms with Gasteiger partial charge in [-0.25, -0.2) is 12.8 Å². The van der Waals surface area contributed by atoms with E-state index >= 15 is 0 Å². The Hall–Kier alpha value is -2.89. The summed E-state index contributed by atoms with van der Waals surface area (Å²) in [4.78, 5) is 25.1. The van der Waals surface area contributed by atoms with Gasteiger partial charge in [-0.3, -0.25) is 25.2 Å². The lowest BCUT2D eigenvalue weighted by molar-refractivity contribution is -0.119. The molecule has 2 amide bonds. The fourth-order valence-electron chi connectivity index (χ4n) is 2.29. The zero-order chi connectivity index (χ0) is 21.6. The van der Waals surface area contributed by atoms with Gasteiger partial charge in [0.05, 0.1) is 17.0 Å². The SMILES string of the molecule is O=C(CSc1ccc(F)cc1)NNC(=O)c1ccccc1NS(=O)(=O)c1cccs1. The number of sulfonamides is 1. The summed E-state index contributed by atoms with van der Waals surface area (Å²) in [5.74, 6) is -1.53. The van der Waals surface area contributed by atoms with Crippen LogP contribution in [0.25, 0.3) is 0 Å². The van der Waals surface area contributed by atoms with E-state index in [9.17, 15) is 22.4 Å². The minimum atomic E-state index is -3.83. The van der Waals surface area contributed by atoms with E-state index in [1.54, 1.807) is 35.7 Å². The number of anilines is 1. The second-order valence-electron chi connectivity index (χ2n) is 5.83. The van der Waals surface area contributed by atoms with Gasteiger partial charge in [-0.05, 0) is 47.8 Å². The van der Waals surface area contributed by atoms with Crippen molar-refractivity contribution in [3.8, 4) is 0 Å². The van der Waals surface area contributed by atoms with Crippen LogP contribution in [0.1, 0.15) is 10.4 Å². The molecule has 0 aliphatic heterocycles. The van der Waals surface area contributed by atoms with Crippen molar-refractivity contribution in [1.29, 1.82) is 0 Å². The third-order valence-electron chi connectivity index (χ3n) is 3.67. The van der Waals surface area contributed by atoms with E-state index in [0.29, 0.717) is 4.90 Å². The van der Waals surface area contributed by atoms with Crippen LogP contribution in [0.4, 0.5) is 10.1 Å². The van der Waals surface area contributed by atoms with Gasteiger partial charge in [-0.2, -0.15) is 0 Å². The average Bonchev–Trinajstić information content (AvgIpc) is 3.28. The Kier molecular flexibility index (Phi) is 7.08. The van der Waals surface area contributed by atoms with Crippen molar-refractivity contribution >= 4 is 50.6 Å². The standard InChI is InChI=1S/C19H16FN3O4S3/c20-13-7-9-14(10-8-13)29-12-17(24)21-22-19(25)15-4-1-2-5-16(15)23-30(26,27)18-6-3-11-28-18/h1-11,23H,12H2,(H,21,24)(H,22,25). The van der Waals surface area contributed by atoms with Crippen molar-refractivity contribution < 1.29 is 22.4 Å². The summed E-state index contributed by atoms with van der Waals surface area (Å²) in [5, 5.41) is 1.63. The highest BCUT2D eigenvalue weighted by atomic mass is 32.2. The fraction of sp³-hybridized carbons (Fsp3) is 0.0526. The molecule has 1 heterocycles. The van der Waals surface area contributed by atoms with Crippen LogP contribution in [-0.2, 0) is 14.8 Å². The highest BCUT2D eigenvalue weighted by Crippen LogP contribution is 2.23. The highest BCUT2D eigenvalue weighted by Gasteiger charge is 2.19. The molecule has 0 unspecified atom stereocenters. The number of halogens is 1. The van der Waals surface area contributed by atoms with Gasteiger partial charge in [-0.15, -0.1) is 23.1 Å². The number of thiophene rings is 1. The number of nitrogens with one attached hydrogen (secondary N) is 3. The smallest absolute Gasteiger partial charge is 0.271 e. The Morgan fingerprint density at radius 2 is 1.70 bits per heavy atom. The van der Waals surface area contributed by atoms with Crippen LogP contribution in [0.15, 0.2) is 75.1 Å². The molecule has 11 heteroatoms. The fourth-order valence-corrected chi connectivity index (χ4v) is 5.06. The third kappa shape index (κ3) is 5.81. The first-order chi connectivity index (χ1) is 14.3. The number of hydrogen-bond donors (Lipinski definition) is 3. The molecule has 0 saturated carbocycles. The van der Waals surface area contributed by atoms with Crippen molar-refractivity contribution in [2.45, 2.75) is 9.10 Å². The lowest BCUT2D eigenvalue weighted by atomic mass is 10.2. The van der Waals surface area contributed by atoms with Crippen LogP contribution >= 0.6 is 23.1 Å². The van der Waals surface area contributed by atoms with Gasteiger partial charge in [0.1, 0.15) is 10.0 Å². The maximum absolute atomic E-state index is 12.9. The van der Waals surface area contributed by atoms with E-state index in [1.165, 1.54) is 42.1 Å². The molecule has 2 aromatic carbocycles. The summed E-state index contributed by atoms with van der Waals surface area (Å²) >= 11 is 2.22. The van der Waals surface area contributed by atoms with Crippen LogP contribution in [0.5, 0.6) is 0 Å². The first-order valence-corrected chi connectivity index (χ1v) is 11.8. The normalized spacial score (nSPS) is 11.0. The van der Waals surface area contributed by atoms with E-state index in [1.807, 2.05) is 0 Å². The van der Waals surface area contributed by atoms with Gasteiger partial charge in [0, 0.05) is 4.90 Å². The van der Waals surface area contributed by atoms with Gasteiger partial charge in [0.25, 0.3) is 15.9 Å².